The van der Waals surface area contributed by atoms with Gasteiger partial charge in [-0.2, -0.15) is 0 Å². The monoisotopic (exact) mass is 322 g/mol. The molecule has 3 rings (SSSR count). The summed E-state index contributed by atoms with van der Waals surface area (Å²) in [6.45, 7) is 6.89. The van der Waals surface area contributed by atoms with Crippen LogP contribution in [0.2, 0.25) is 5.15 Å². The minimum Gasteiger partial charge on any atom is -0.444 e. The molecule has 6 nitrogen and oxygen atoms in total. The number of carbonyl (C=O) groups excluding carboxylic acids is 1. The minimum atomic E-state index is -0.478. The minimum absolute atomic E-state index is 0.175. The summed E-state index contributed by atoms with van der Waals surface area (Å²) < 4.78 is 7.37. The highest BCUT2D eigenvalue weighted by molar-refractivity contribution is 6.32. The van der Waals surface area contributed by atoms with Crippen molar-refractivity contribution in [3.63, 3.8) is 0 Å². The van der Waals surface area contributed by atoms with Crippen LogP contribution in [0.4, 0.5) is 4.79 Å². The van der Waals surface area contributed by atoms with E-state index in [0.717, 1.165) is 17.8 Å². The van der Waals surface area contributed by atoms with Crippen molar-refractivity contribution in [2.75, 3.05) is 13.1 Å². The van der Waals surface area contributed by atoms with E-state index >= 15 is 0 Å². The Morgan fingerprint density at radius 3 is 2.91 bits per heavy atom. The highest BCUT2D eigenvalue weighted by Gasteiger charge is 2.32. The Hall–Kier alpha value is -1.82. The van der Waals surface area contributed by atoms with Crippen molar-refractivity contribution >= 4 is 23.2 Å². The van der Waals surface area contributed by atoms with Crippen molar-refractivity contribution in [3.05, 3.63) is 29.6 Å². The van der Waals surface area contributed by atoms with Crippen LogP contribution >= 0.6 is 11.6 Å². The zero-order valence-corrected chi connectivity index (χ0v) is 13.7. The van der Waals surface area contributed by atoms with Gasteiger partial charge in [0.25, 0.3) is 0 Å². The normalized spacial score (nSPS) is 18.9. The van der Waals surface area contributed by atoms with Gasteiger partial charge in [-0.25, -0.2) is 14.8 Å². The van der Waals surface area contributed by atoms with Gasteiger partial charge in [-0.05, 0) is 27.2 Å². The van der Waals surface area contributed by atoms with Gasteiger partial charge in [0.05, 0.1) is 6.20 Å². The average molecular weight is 323 g/mol. The van der Waals surface area contributed by atoms with E-state index in [-0.39, 0.29) is 12.0 Å². The Morgan fingerprint density at radius 2 is 2.18 bits per heavy atom. The molecule has 1 saturated heterocycles. The van der Waals surface area contributed by atoms with Gasteiger partial charge in [-0.1, -0.05) is 11.6 Å². The molecule has 22 heavy (non-hydrogen) atoms. The third-order valence-corrected chi connectivity index (χ3v) is 3.94. The molecule has 0 aromatic carbocycles. The third kappa shape index (κ3) is 2.88. The van der Waals surface area contributed by atoms with Crippen molar-refractivity contribution in [2.24, 2.45) is 0 Å². The van der Waals surface area contributed by atoms with Crippen molar-refractivity contribution < 1.29 is 9.53 Å². The van der Waals surface area contributed by atoms with Gasteiger partial charge in [0.1, 0.15) is 16.9 Å². The standard InChI is InChI=1S/C15H19ClN4O2/c1-15(2,3)22-14(21)19-6-4-10(9-19)13-18-8-11-12(16)17-5-7-20(11)13/h5,7-8,10H,4,6,9H2,1-3H3/t10-/m0/s1. The topological polar surface area (TPSA) is 59.7 Å². The van der Waals surface area contributed by atoms with E-state index in [9.17, 15) is 4.79 Å². The van der Waals surface area contributed by atoms with E-state index in [1.54, 1.807) is 17.3 Å². The predicted octanol–water partition coefficient (Wildman–Crippen LogP) is 3.11. The van der Waals surface area contributed by atoms with E-state index in [2.05, 4.69) is 9.97 Å². The molecule has 1 amide bonds. The van der Waals surface area contributed by atoms with Crippen LogP contribution in [0.1, 0.15) is 38.9 Å². The summed E-state index contributed by atoms with van der Waals surface area (Å²) in [5.74, 6) is 1.08. The fourth-order valence-corrected chi connectivity index (χ4v) is 2.88. The molecule has 0 saturated carbocycles. The van der Waals surface area contributed by atoms with Crippen LogP contribution in [0.25, 0.3) is 5.52 Å². The molecule has 3 heterocycles. The first-order chi connectivity index (χ1) is 10.3. The lowest BCUT2D eigenvalue weighted by atomic mass is 10.1. The first kappa shape index (κ1) is 15.1. The molecule has 0 radical (unpaired) electrons. The lowest BCUT2D eigenvalue weighted by Gasteiger charge is -2.24. The Balaban J connectivity index is 1.77. The van der Waals surface area contributed by atoms with Crippen molar-refractivity contribution in [3.8, 4) is 0 Å². The van der Waals surface area contributed by atoms with Crippen LogP contribution in [-0.2, 0) is 4.74 Å². The first-order valence-corrected chi connectivity index (χ1v) is 7.68. The highest BCUT2D eigenvalue weighted by Crippen LogP contribution is 2.29. The second-order valence-corrected chi connectivity index (χ2v) is 6.86. The molecule has 2 aromatic rings. The highest BCUT2D eigenvalue weighted by atomic mass is 35.5. The second kappa shape index (κ2) is 5.43. The molecule has 1 fully saturated rings. The lowest BCUT2D eigenvalue weighted by molar-refractivity contribution is 0.0292. The van der Waals surface area contributed by atoms with Crippen LogP contribution in [0.3, 0.4) is 0 Å². The van der Waals surface area contributed by atoms with Crippen LogP contribution in [0.15, 0.2) is 18.6 Å². The Kier molecular flexibility index (Phi) is 3.72. The van der Waals surface area contributed by atoms with Crippen LogP contribution in [0.5, 0.6) is 0 Å². The number of amides is 1. The first-order valence-electron chi connectivity index (χ1n) is 7.30. The summed E-state index contributed by atoms with van der Waals surface area (Å²) in [6.07, 6.45) is 5.82. The van der Waals surface area contributed by atoms with Crippen LogP contribution in [-0.4, -0.2) is 44.1 Å². The number of hydrogen-bond acceptors (Lipinski definition) is 4. The van der Waals surface area contributed by atoms with Gasteiger partial charge in [0.15, 0.2) is 5.15 Å². The molecule has 0 spiro atoms. The average Bonchev–Trinajstić information content (AvgIpc) is 3.03. The molecule has 118 valence electrons. The van der Waals surface area contributed by atoms with Gasteiger partial charge in [0.2, 0.25) is 0 Å². The predicted molar refractivity (Wildman–Crippen MR) is 83.2 cm³/mol. The van der Waals surface area contributed by atoms with Crippen molar-refractivity contribution in [2.45, 2.75) is 38.7 Å². The number of aromatic nitrogens is 3. The maximum Gasteiger partial charge on any atom is 0.410 e. The number of halogens is 1. The molecule has 1 aliphatic rings. The molecule has 0 N–H and O–H groups in total. The molecule has 1 atom stereocenters. The van der Waals surface area contributed by atoms with Crippen molar-refractivity contribution in [1.82, 2.24) is 19.3 Å². The number of likely N-dealkylation sites (tertiary alicyclic amines) is 1. The molecule has 0 aliphatic carbocycles. The number of nitrogens with zero attached hydrogens (tertiary/aromatic N) is 4. The van der Waals surface area contributed by atoms with E-state index in [4.69, 9.17) is 16.3 Å². The van der Waals surface area contributed by atoms with E-state index < -0.39 is 5.60 Å². The zero-order chi connectivity index (χ0) is 15.9. The SMILES string of the molecule is CC(C)(C)OC(=O)N1CC[C@H](c2ncc3c(Cl)nccn23)C1. The maximum absolute atomic E-state index is 12.1. The van der Waals surface area contributed by atoms with Crippen LogP contribution < -0.4 is 0 Å². The Bertz CT molecular complexity index is 707. The number of carbonyl (C=O) groups is 1. The van der Waals surface area contributed by atoms with E-state index in [1.807, 2.05) is 31.4 Å². The van der Waals surface area contributed by atoms with Gasteiger partial charge >= 0.3 is 6.09 Å². The largest absolute Gasteiger partial charge is 0.444 e. The number of rotatable bonds is 1. The molecule has 0 bridgehead atoms. The van der Waals surface area contributed by atoms with Gasteiger partial charge in [-0.3, -0.25) is 4.40 Å². The molecular formula is C15H19ClN4O2. The summed E-state index contributed by atoms with van der Waals surface area (Å²) in [5, 5.41) is 0.434. The fraction of sp³-hybridized carbons (Fsp3) is 0.533. The number of imidazole rings is 1. The quantitative estimate of drug-likeness (QED) is 0.809. The molecule has 1 aliphatic heterocycles. The maximum atomic E-state index is 12.1. The molecule has 0 unspecified atom stereocenters. The summed E-state index contributed by atoms with van der Waals surface area (Å²) in [6, 6.07) is 0. The van der Waals surface area contributed by atoms with Gasteiger partial charge in [-0.15, -0.1) is 0 Å². The lowest BCUT2D eigenvalue weighted by Crippen LogP contribution is -2.35. The van der Waals surface area contributed by atoms with E-state index in [1.165, 1.54) is 0 Å². The molecular weight excluding hydrogens is 304 g/mol. The summed E-state index contributed by atoms with van der Waals surface area (Å²) >= 11 is 6.07. The van der Waals surface area contributed by atoms with Gasteiger partial charge in [0, 0.05) is 31.4 Å². The smallest absolute Gasteiger partial charge is 0.410 e. The molecule has 7 heteroatoms. The summed E-state index contributed by atoms with van der Waals surface area (Å²) in [7, 11) is 0. The zero-order valence-electron chi connectivity index (χ0n) is 12.9. The Labute approximate surface area is 134 Å². The molecule has 2 aromatic heterocycles. The second-order valence-electron chi connectivity index (χ2n) is 6.50. The summed E-state index contributed by atoms with van der Waals surface area (Å²) in [4.78, 5) is 22.4. The Morgan fingerprint density at radius 1 is 1.41 bits per heavy atom. The summed E-state index contributed by atoms with van der Waals surface area (Å²) in [5.41, 5.74) is 0.309. The fourth-order valence-electron chi connectivity index (χ4n) is 2.68. The number of hydrogen-bond donors (Lipinski definition) is 0. The number of ether oxygens (including phenoxy) is 1. The van der Waals surface area contributed by atoms with Gasteiger partial charge < -0.3 is 9.64 Å². The van der Waals surface area contributed by atoms with Crippen LogP contribution in [0, 0.1) is 0 Å². The van der Waals surface area contributed by atoms with E-state index in [0.29, 0.717) is 18.2 Å². The third-order valence-electron chi connectivity index (χ3n) is 3.65. The number of fused-ring (bicyclic) bond motifs is 1. The van der Waals surface area contributed by atoms with Crippen molar-refractivity contribution in [1.29, 1.82) is 0 Å².